The van der Waals surface area contributed by atoms with Crippen molar-refractivity contribution in [2.24, 2.45) is 0 Å². The second-order valence-corrected chi connectivity index (χ2v) is 11.8. The molecule has 8 heteroatoms. The fourth-order valence-electron chi connectivity index (χ4n) is 5.90. The highest BCUT2D eigenvalue weighted by atomic mass is 16.5. The summed E-state index contributed by atoms with van der Waals surface area (Å²) in [5, 5.41) is 14.2. The highest BCUT2D eigenvalue weighted by Crippen LogP contribution is 2.41. The van der Waals surface area contributed by atoms with Gasteiger partial charge in [-0.15, -0.1) is 0 Å². The number of nitrogens with zero attached hydrogens (tertiary/aromatic N) is 4. The number of pyridine rings is 1. The van der Waals surface area contributed by atoms with Crippen molar-refractivity contribution in [3.8, 4) is 5.88 Å². The lowest BCUT2D eigenvalue weighted by atomic mass is 9.79. The first-order valence-electron chi connectivity index (χ1n) is 13.0. The fourth-order valence-corrected chi connectivity index (χ4v) is 5.90. The minimum absolute atomic E-state index is 0.0240. The molecule has 2 aliphatic rings. The van der Waals surface area contributed by atoms with E-state index in [1.54, 1.807) is 7.11 Å². The van der Waals surface area contributed by atoms with Crippen molar-refractivity contribution in [2.75, 3.05) is 26.1 Å². The molecule has 1 saturated carbocycles. The van der Waals surface area contributed by atoms with Crippen LogP contribution in [0.5, 0.6) is 5.88 Å². The largest absolute Gasteiger partial charge is 0.474 e. The Labute approximate surface area is 209 Å². The maximum Gasteiger partial charge on any atom is 0.224 e. The second kappa shape index (κ2) is 10.1. The number of rotatable bonds is 7. The Bertz CT molecular complexity index is 1000. The molecule has 1 aliphatic carbocycles. The number of likely N-dealkylation sites (tertiary alicyclic amines) is 1. The van der Waals surface area contributed by atoms with Crippen LogP contribution in [0.25, 0.3) is 10.9 Å². The number of nitrogens with one attached hydrogen (secondary N) is 1. The summed E-state index contributed by atoms with van der Waals surface area (Å²) in [4.78, 5) is 16.8. The molecular formula is C27H43N5O3. The fraction of sp³-hybridized carbons (Fsp3) is 0.741. The molecule has 35 heavy (non-hydrogen) atoms. The van der Waals surface area contributed by atoms with E-state index in [0.717, 1.165) is 55.0 Å². The van der Waals surface area contributed by atoms with Crippen LogP contribution in [0.1, 0.15) is 84.6 Å². The summed E-state index contributed by atoms with van der Waals surface area (Å²) in [5.74, 6) is 1.51. The van der Waals surface area contributed by atoms with Crippen molar-refractivity contribution in [3.05, 3.63) is 18.0 Å². The monoisotopic (exact) mass is 485 g/mol. The van der Waals surface area contributed by atoms with Gasteiger partial charge in [0.15, 0.2) is 0 Å². The Hall–Kier alpha value is -2.03. The van der Waals surface area contributed by atoms with Crippen molar-refractivity contribution < 1.29 is 14.6 Å². The van der Waals surface area contributed by atoms with E-state index in [1.807, 2.05) is 19.3 Å². The van der Waals surface area contributed by atoms with E-state index in [2.05, 4.69) is 49.9 Å². The van der Waals surface area contributed by atoms with Gasteiger partial charge in [0.25, 0.3) is 0 Å². The van der Waals surface area contributed by atoms with Crippen molar-refractivity contribution in [1.29, 1.82) is 0 Å². The van der Waals surface area contributed by atoms with Gasteiger partial charge in [-0.05, 0) is 73.3 Å². The molecule has 0 aromatic carbocycles. The molecule has 1 saturated heterocycles. The number of anilines is 1. The number of aliphatic hydroxyl groups is 1. The standard InChI is InChI=1S/C27H43N5O3/c1-17(16-34-7)30-25-29-15-22-23(31-25)21(18-8-10-19(33)11-9-18)14-28-24(22)35-20-12-26(2,3)32(6)27(4,5)13-20/h14-15,17-20,33H,8-13,16H2,1-7H3,(H,29,30,31)/t17-,18-,19-/m0/s1. The molecule has 2 fully saturated rings. The highest BCUT2D eigenvalue weighted by Gasteiger charge is 2.44. The number of piperidine rings is 1. The summed E-state index contributed by atoms with van der Waals surface area (Å²) in [6.45, 7) is 11.7. The Balaban J connectivity index is 1.68. The first-order valence-corrected chi connectivity index (χ1v) is 13.0. The lowest BCUT2D eigenvalue weighted by Crippen LogP contribution is -2.60. The van der Waals surface area contributed by atoms with Gasteiger partial charge in [0.1, 0.15) is 6.10 Å². The predicted octanol–water partition coefficient (Wildman–Crippen LogP) is 4.52. The van der Waals surface area contributed by atoms with Gasteiger partial charge in [-0.3, -0.25) is 4.90 Å². The molecule has 0 unspecified atom stereocenters. The average molecular weight is 486 g/mol. The van der Waals surface area contributed by atoms with Gasteiger partial charge < -0.3 is 19.9 Å². The number of fused-ring (bicyclic) bond motifs is 1. The molecule has 1 aliphatic heterocycles. The van der Waals surface area contributed by atoms with E-state index in [4.69, 9.17) is 19.4 Å². The molecule has 0 radical (unpaired) electrons. The minimum atomic E-state index is -0.203. The third-order valence-corrected chi connectivity index (χ3v) is 8.09. The summed E-state index contributed by atoms with van der Waals surface area (Å²) in [6, 6.07) is 0.0898. The van der Waals surface area contributed by atoms with Gasteiger partial charge >= 0.3 is 0 Å². The van der Waals surface area contributed by atoms with E-state index < -0.39 is 0 Å². The van der Waals surface area contributed by atoms with Gasteiger partial charge in [-0.25, -0.2) is 15.0 Å². The third-order valence-electron chi connectivity index (χ3n) is 8.09. The number of hydrogen-bond acceptors (Lipinski definition) is 8. The molecule has 2 aromatic heterocycles. The Morgan fingerprint density at radius 3 is 2.37 bits per heavy atom. The van der Waals surface area contributed by atoms with Crippen molar-refractivity contribution in [2.45, 2.75) is 108 Å². The number of ether oxygens (including phenoxy) is 2. The maximum absolute atomic E-state index is 10.0. The van der Waals surface area contributed by atoms with Gasteiger partial charge in [-0.2, -0.15) is 0 Å². The van der Waals surface area contributed by atoms with Crippen LogP contribution < -0.4 is 10.1 Å². The molecule has 0 spiro atoms. The first-order chi connectivity index (χ1) is 16.5. The summed E-state index contributed by atoms with van der Waals surface area (Å²) < 4.78 is 11.9. The van der Waals surface area contributed by atoms with E-state index in [0.29, 0.717) is 24.4 Å². The number of methoxy groups -OCH3 is 1. The van der Waals surface area contributed by atoms with Gasteiger partial charge in [0.05, 0.1) is 23.6 Å². The van der Waals surface area contributed by atoms with Crippen molar-refractivity contribution >= 4 is 16.9 Å². The zero-order valence-corrected chi connectivity index (χ0v) is 22.5. The lowest BCUT2D eigenvalue weighted by molar-refractivity contribution is -0.0563. The molecule has 194 valence electrons. The molecule has 8 nitrogen and oxygen atoms in total. The van der Waals surface area contributed by atoms with Crippen LogP contribution >= 0.6 is 0 Å². The van der Waals surface area contributed by atoms with Crippen molar-refractivity contribution in [1.82, 2.24) is 19.9 Å². The summed E-state index contributed by atoms with van der Waals surface area (Å²) in [7, 11) is 3.89. The molecule has 2 aromatic rings. The zero-order valence-electron chi connectivity index (χ0n) is 22.5. The SMILES string of the molecule is COC[C@H](C)Nc1ncc2c(OC3CC(C)(C)N(C)C(C)(C)C3)ncc([C@H]3CC[C@H](O)CC3)c2n1. The molecule has 2 N–H and O–H groups in total. The van der Waals surface area contributed by atoms with Crippen LogP contribution in [0.2, 0.25) is 0 Å². The van der Waals surface area contributed by atoms with Crippen LogP contribution in [0, 0.1) is 0 Å². The van der Waals surface area contributed by atoms with Gasteiger partial charge in [0, 0.05) is 55.0 Å². The van der Waals surface area contributed by atoms with E-state index in [9.17, 15) is 5.11 Å². The van der Waals surface area contributed by atoms with Crippen LogP contribution in [0.4, 0.5) is 5.95 Å². The van der Waals surface area contributed by atoms with E-state index >= 15 is 0 Å². The topological polar surface area (TPSA) is 92.6 Å². The minimum Gasteiger partial charge on any atom is -0.474 e. The van der Waals surface area contributed by atoms with Crippen LogP contribution in [0.3, 0.4) is 0 Å². The van der Waals surface area contributed by atoms with Gasteiger partial charge in [0.2, 0.25) is 11.8 Å². The summed E-state index contributed by atoms with van der Waals surface area (Å²) in [5.41, 5.74) is 2.06. The molecule has 0 amide bonds. The smallest absolute Gasteiger partial charge is 0.224 e. The van der Waals surface area contributed by atoms with Crippen LogP contribution in [-0.4, -0.2) is 75.1 Å². The quantitative estimate of drug-likeness (QED) is 0.591. The van der Waals surface area contributed by atoms with E-state index in [1.165, 1.54) is 0 Å². The number of aromatic nitrogens is 3. The van der Waals surface area contributed by atoms with E-state index in [-0.39, 0.29) is 29.3 Å². The Morgan fingerprint density at radius 1 is 1.09 bits per heavy atom. The normalized spacial score (nSPS) is 25.9. The van der Waals surface area contributed by atoms with Crippen LogP contribution in [0.15, 0.2) is 12.4 Å². The number of hydrogen-bond donors (Lipinski definition) is 2. The second-order valence-electron chi connectivity index (χ2n) is 11.8. The first kappa shape index (κ1) is 26.0. The molecular weight excluding hydrogens is 442 g/mol. The molecule has 0 bridgehead atoms. The number of aliphatic hydroxyl groups excluding tert-OH is 1. The Kier molecular flexibility index (Phi) is 7.55. The molecule has 3 heterocycles. The average Bonchev–Trinajstić information content (AvgIpc) is 2.78. The third kappa shape index (κ3) is 5.70. The zero-order chi connectivity index (χ0) is 25.4. The predicted molar refractivity (Wildman–Crippen MR) is 139 cm³/mol. The Morgan fingerprint density at radius 2 is 1.74 bits per heavy atom. The lowest BCUT2D eigenvalue weighted by Gasteiger charge is -2.53. The van der Waals surface area contributed by atoms with Crippen LogP contribution in [-0.2, 0) is 4.74 Å². The highest BCUT2D eigenvalue weighted by molar-refractivity contribution is 5.86. The van der Waals surface area contributed by atoms with Gasteiger partial charge in [-0.1, -0.05) is 0 Å². The summed E-state index contributed by atoms with van der Waals surface area (Å²) >= 11 is 0. The van der Waals surface area contributed by atoms with Crippen molar-refractivity contribution in [3.63, 3.8) is 0 Å². The maximum atomic E-state index is 10.0. The summed E-state index contributed by atoms with van der Waals surface area (Å²) in [6.07, 6.45) is 8.98. The molecule has 4 rings (SSSR count). The molecule has 1 atom stereocenters.